The molecule has 1 saturated heterocycles. The van der Waals surface area contributed by atoms with Crippen LogP contribution in [0.5, 0.6) is 0 Å². The molecule has 0 aromatic heterocycles. The van der Waals surface area contributed by atoms with Gasteiger partial charge in [0.25, 0.3) is 5.24 Å². The SMILES string of the molecule is CCN1SC(=O)N(C)C1O. The third-order valence-electron chi connectivity index (χ3n) is 1.40. The molecular weight excluding hydrogens is 152 g/mol. The highest BCUT2D eigenvalue weighted by molar-refractivity contribution is 8.11. The molecule has 1 unspecified atom stereocenters. The van der Waals surface area contributed by atoms with Crippen molar-refractivity contribution in [2.75, 3.05) is 13.6 Å². The zero-order valence-electron chi connectivity index (χ0n) is 5.94. The lowest BCUT2D eigenvalue weighted by molar-refractivity contribution is -0.0122. The maximum Gasteiger partial charge on any atom is 0.299 e. The summed E-state index contributed by atoms with van der Waals surface area (Å²) >= 11 is 1.05. The topological polar surface area (TPSA) is 43.8 Å². The molecule has 4 nitrogen and oxygen atoms in total. The van der Waals surface area contributed by atoms with E-state index in [-0.39, 0.29) is 5.24 Å². The van der Waals surface area contributed by atoms with Crippen molar-refractivity contribution in [3.05, 3.63) is 0 Å². The number of carbonyl (C=O) groups excluding carboxylic acids is 1. The quantitative estimate of drug-likeness (QED) is 0.563. The number of nitrogens with zero attached hydrogens (tertiary/aromatic N) is 2. The summed E-state index contributed by atoms with van der Waals surface area (Å²) in [7, 11) is 1.58. The smallest absolute Gasteiger partial charge is 0.299 e. The Hall–Kier alpha value is -0.260. The fourth-order valence-electron chi connectivity index (χ4n) is 0.727. The van der Waals surface area contributed by atoms with Gasteiger partial charge in [0.15, 0.2) is 6.35 Å². The summed E-state index contributed by atoms with van der Waals surface area (Å²) in [5.74, 6) is 0. The van der Waals surface area contributed by atoms with Crippen LogP contribution in [0.25, 0.3) is 0 Å². The summed E-state index contributed by atoms with van der Waals surface area (Å²) in [6, 6.07) is 0. The molecule has 0 aromatic carbocycles. The van der Waals surface area contributed by atoms with Crippen molar-refractivity contribution in [2.24, 2.45) is 0 Å². The largest absolute Gasteiger partial charge is 0.360 e. The number of hydrogen-bond acceptors (Lipinski definition) is 4. The van der Waals surface area contributed by atoms with E-state index in [0.717, 1.165) is 11.9 Å². The van der Waals surface area contributed by atoms with Crippen molar-refractivity contribution in [1.29, 1.82) is 0 Å². The second kappa shape index (κ2) is 2.77. The van der Waals surface area contributed by atoms with Gasteiger partial charge in [-0.25, -0.2) is 0 Å². The predicted octanol–water partition coefficient (Wildman–Crippen LogP) is 0.298. The molecule has 1 aliphatic rings. The molecule has 1 atom stereocenters. The third-order valence-corrected chi connectivity index (χ3v) is 2.52. The molecule has 0 spiro atoms. The highest BCUT2D eigenvalue weighted by atomic mass is 32.2. The lowest BCUT2D eigenvalue weighted by atomic mass is 10.7. The number of amides is 1. The predicted molar refractivity (Wildman–Crippen MR) is 39.1 cm³/mol. The minimum atomic E-state index is -0.748. The first-order valence-electron chi connectivity index (χ1n) is 3.06. The normalized spacial score (nSPS) is 28.1. The van der Waals surface area contributed by atoms with Crippen LogP contribution >= 0.6 is 11.9 Å². The Bertz CT molecular complexity index is 153. The van der Waals surface area contributed by atoms with E-state index in [2.05, 4.69) is 0 Å². The van der Waals surface area contributed by atoms with Crippen LogP contribution < -0.4 is 0 Å². The highest BCUT2D eigenvalue weighted by Gasteiger charge is 2.33. The van der Waals surface area contributed by atoms with Gasteiger partial charge in [-0.05, 0) is 0 Å². The van der Waals surface area contributed by atoms with Crippen LogP contribution in [0.2, 0.25) is 0 Å². The molecule has 1 N–H and O–H groups in total. The number of carbonyl (C=O) groups is 1. The average Bonchev–Trinajstić information content (AvgIpc) is 2.17. The number of aliphatic hydroxyl groups excluding tert-OH is 1. The Balaban J connectivity index is 2.61. The number of hydrogen-bond donors (Lipinski definition) is 1. The van der Waals surface area contributed by atoms with Gasteiger partial charge in [-0.3, -0.25) is 9.69 Å². The van der Waals surface area contributed by atoms with Crippen molar-refractivity contribution in [1.82, 2.24) is 9.21 Å². The molecule has 0 radical (unpaired) electrons. The lowest BCUT2D eigenvalue weighted by Gasteiger charge is -2.17. The molecule has 0 saturated carbocycles. The third kappa shape index (κ3) is 1.12. The average molecular weight is 162 g/mol. The van der Waals surface area contributed by atoms with Crippen LogP contribution in [0.1, 0.15) is 6.92 Å². The van der Waals surface area contributed by atoms with Crippen molar-refractivity contribution in [3.8, 4) is 0 Å². The zero-order chi connectivity index (χ0) is 7.72. The van der Waals surface area contributed by atoms with Gasteiger partial charge < -0.3 is 5.11 Å². The van der Waals surface area contributed by atoms with E-state index in [1.54, 1.807) is 11.4 Å². The summed E-state index contributed by atoms with van der Waals surface area (Å²) in [4.78, 5) is 12.1. The van der Waals surface area contributed by atoms with Crippen LogP contribution in [-0.2, 0) is 0 Å². The number of rotatable bonds is 1. The second-order valence-corrected chi connectivity index (χ2v) is 3.05. The molecular formula is C5H10N2O2S. The standard InChI is InChI=1S/C5H10N2O2S/c1-3-7-4(8)6(2)5(9)10-7/h4,8H,3H2,1-2H3. The van der Waals surface area contributed by atoms with Crippen LogP contribution in [0.3, 0.4) is 0 Å². The van der Waals surface area contributed by atoms with Gasteiger partial charge in [-0.1, -0.05) is 6.92 Å². The van der Waals surface area contributed by atoms with Crippen LogP contribution in [0, 0.1) is 0 Å². The Morgan fingerprint density at radius 3 is 2.60 bits per heavy atom. The van der Waals surface area contributed by atoms with E-state index >= 15 is 0 Å². The van der Waals surface area contributed by atoms with Gasteiger partial charge >= 0.3 is 0 Å². The number of aliphatic hydroxyl groups is 1. The van der Waals surface area contributed by atoms with Gasteiger partial charge in [-0.15, -0.1) is 0 Å². The van der Waals surface area contributed by atoms with Crippen molar-refractivity contribution in [3.63, 3.8) is 0 Å². The summed E-state index contributed by atoms with van der Waals surface area (Å²) in [6.45, 7) is 2.56. The Morgan fingerprint density at radius 2 is 2.40 bits per heavy atom. The molecule has 1 fully saturated rings. The van der Waals surface area contributed by atoms with E-state index in [9.17, 15) is 9.90 Å². The van der Waals surface area contributed by atoms with E-state index < -0.39 is 6.35 Å². The molecule has 0 bridgehead atoms. The fraction of sp³-hybridized carbons (Fsp3) is 0.800. The molecule has 1 rings (SSSR count). The van der Waals surface area contributed by atoms with E-state index in [4.69, 9.17) is 0 Å². The van der Waals surface area contributed by atoms with Gasteiger partial charge in [0.1, 0.15) is 0 Å². The molecule has 58 valence electrons. The molecule has 10 heavy (non-hydrogen) atoms. The summed E-state index contributed by atoms with van der Waals surface area (Å²) in [5, 5.41) is 9.14. The lowest BCUT2D eigenvalue weighted by Crippen LogP contribution is -2.35. The fourth-order valence-corrected chi connectivity index (χ4v) is 1.52. The minimum absolute atomic E-state index is 0.102. The van der Waals surface area contributed by atoms with Crippen molar-refractivity contribution in [2.45, 2.75) is 13.3 Å². The molecule has 0 aromatic rings. The van der Waals surface area contributed by atoms with Gasteiger partial charge in [0, 0.05) is 25.5 Å². The first-order chi connectivity index (χ1) is 4.66. The maximum atomic E-state index is 10.8. The molecule has 1 heterocycles. The summed E-state index contributed by atoms with van der Waals surface area (Å²) in [5.41, 5.74) is 0. The van der Waals surface area contributed by atoms with Crippen LogP contribution in [0.4, 0.5) is 4.79 Å². The minimum Gasteiger partial charge on any atom is -0.360 e. The first-order valence-corrected chi connectivity index (χ1v) is 3.83. The van der Waals surface area contributed by atoms with Crippen LogP contribution in [-0.4, -0.2) is 39.5 Å². The summed E-state index contributed by atoms with van der Waals surface area (Å²) in [6.07, 6.45) is -0.748. The van der Waals surface area contributed by atoms with E-state index in [1.165, 1.54) is 4.90 Å². The Morgan fingerprint density at radius 1 is 1.80 bits per heavy atom. The molecule has 1 aliphatic heterocycles. The molecule has 0 aliphatic carbocycles. The second-order valence-electron chi connectivity index (χ2n) is 2.05. The highest BCUT2D eigenvalue weighted by Crippen LogP contribution is 2.26. The zero-order valence-corrected chi connectivity index (χ0v) is 6.76. The Labute approximate surface area is 63.9 Å². The first kappa shape index (κ1) is 7.84. The van der Waals surface area contributed by atoms with Crippen molar-refractivity contribution < 1.29 is 9.90 Å². The monoisotopic (exact) mass is 162 g/mol. The van der Waals surface area contributed by atoms with E-state index in [1.807, 2.05) is 6.92 Å². The van der Waals surface area contributed by atoms with Crippen molar-refractivity contribution >= 4 is 17.2 Å². The Kier molecular flexibility index (Phi) is 2.18. The summed E-state index contributed by atoms with van der Waals surface area (Å²) < 4.78 is 1.61. The van der Waals surface area contributed by atoms with Gasteiger partial charge in [-0.2, -0.15) is 4.31 Å². The van der Waals surface area contributed by atoms with Gasteiger partial charge in [0.2, 0.25) is 0 Å². The maximum absolute atomic E-state index is 10.8. The van der Waals surface area contributed by atoms with Crippen LogP contribution in [0.15, 0.2) is 0 Å². The molecule has 1 amide bonds. The van der Waals surface area contributed by atoms with E-state index in [0.29, 0.717) is 6.54 Å². The molecule has 5 heteroatoms. The van der Waals surface area contributed by atoms with Gasteiger partial charge in [0.05, 0.1) is 0 Å².